The van der Waals surface area contributed by atoms with Crippen LogP contribution in [0.1, 0.15) is 33.4 Å². The highest BCUT2D eigenvalue weighted by Crippen LogP contribution is 2.61. The minimum Gasteiger partial charge on any atom is -0.386 e. The van der Waals surface area contributed by atoms with Gasteiger partial charge in [0.2, 0.25) is 11.8 Å². The van der Waals surface area contributed by atoms with Gasteiger partial charge >= 0.3 is 23.5 Å². The zero-order valence-corrected chi connectivity index (χ0v) is 30.6. The normalized spacial score (nSPS) is 22.6. The first-order chi connectivity index (χ1) is 23.5. The SMILES string of the molecule is CC(C)(COP(=O)(O)OP(=O)(O)OC[C@H]1O[C@@H](n2cnc3c(N)ncnc32)[C@H](O)[C@@H]1OP(=O)(O)O)[C@@H](O)C(=O)NCCC(=O)NCCSC([14CH3])=O. The van der Waals surface area contributed by atoms with Crippen LogP contribution < -0.4 is 16.4 Å². The molecule has 2 amide bonds. The van der Waals surface area contributed by atoms with Gasteiger partial charge in [0.1, 0.15) is 36.3 Å². The number of aliphatic hydroxyl groups is 2. The van der Waals surface area contributed by atoms with E-state index in [9.17, 15) is 57.9 Å². The molecule has 51 heavy (non-hydrogen) atoms. The van der Waals surface area contributed by atoms with Crippen molar-refractivity contribution in [2.24, 2.45) is 5.41 Å². The Balaban J connectivity index is 1.55. The number of rotatable bonds is 19. The molecule has 0 bridgehead atoms. The summed E-state index contributed by atoms with van der Waals surface area (Å²) in [5.74, 6) is -1.08. The van der Waals surface area contributed by atoms with Crippen LogP contribution in [0.25, 0.3) is 11.2 Å². The minimum absolute atomic E-state index is 0.0310. The molecule has 3 heterocycles. The smallest absolute Gasteiger partial charge is 0.386 e. The fourth-order valence-electron chi connectivity index (χ4n) is 4.32. The number of phosphoric ester groups is 3. The Morgan fingerprint density at radius 3 is 2.41 bits per heavy atom. The van der Waals surface area contributed by atoms with Crippen molar-refractivity contribution in [2.75, 3.05) is 37.8 Å². The number of aliphatic hydroxyl groups excluding tert-OH is 2. The Bertz CT molecular complexity index is 1710. The molecule has 10 N–H and O–H groups in total. The summed E-state index contributed by atoms with van der Waals surface area (Å²) in [4.78, 5) is 85.9. The molecule has 2 aromatic rings. The van der Waals surface area contributed by atoms with Gasteiger partial charge in [0, 0.05) is 37.6 Å². The number of nitrogen functional groups attached to an aromatic ring is 1. The molecule has 2 aromatic heterocycles. The predicted molar refractivity (Wildman–Crippen MR) is 173 cm³/mol. The number of fused-ring (bicyclic) bond motifs is 1. The van der Waals surface area contributed by atoms with Crippen molar-refractivity contribution in [3.05, 3.63) is 12.7 Å². The molecule has 0 aliphatic carbocycles. The van der Waals surface area contributed by atoms with Crippen molar-refractivity contribution in [1.82, 2.24) is 30.2 Å². The molecule has 0 radical (unpaired) electrons. The van der Waals surface area contributed by atoms with Gasteiger partial charge in [-0.25, -0.2) is 28.6 Å². The number of thioether (sulfide) groups is 1. The number of hydrogen-bond acceptors (Lipinski definition) is 18. The molecule has 1 saturated heterocycles. The van der Waals surface area contributed by atoms with Crippen LogP contribution in [0, 0.1) is 5.41 Å². The fraction of sp³-hybridized carbons (Fsp3) is 0.652. The van der Waals surface area contributed by atoms with Crippen molar-refractivity contribution in [3.63, 3.8) is 0 Å². The molecular formula is C23H38N7O17P3S. The second-order valence-corrected chi connectivity index (χ2v) is 16.9. The number of imidazole rings is 1. The van der Waals surface area contributed by atoms with Crippen LogP contribution in [0.3, 0.4) is 0 Å². The molecule has 28 heteroatoms. The molecule has 0 saturated carbocycles. The lowest BCUT2D eigenvalue weighted by atomic mass is 9.87. The number of carbonyl (C=O) groups is 3. The highest BCUT2D eigenvalue weighted by Gasteiger charge is 2.50. The van der Waals surface area contributed by atoms with Gasteiger partial charge in [0.05, 0.1) is 19.5 Å². The largest absolute Gasteiger partial charge is 0.481 e. The van der Waals surface area contributed by atoms with Gasteiger partial charge in [-0.15, -0.1) is 0 Å². The Hall–Kier alpha value is -2.44. The first-order valence-corrected chi connectivity index (χ1v) is 20.0. The van der Waals surface area contributed by atoms with Crippen molar-refractivity contribution < 1.29 is 80.5 Å². The van der Waals surface area contributed by atoms with E-state index in [0.717, 1.165) is 29.0 Å². The summed E-state index contributed by atoms with van der Waals surface area (Å²) < 4.78 is 61.8. The van der Waals surface area contributed by atoms with E-state index in [1.165, 1.54) is 20.8 Å². The summed E-state index contributed by atoms with van der Waals surface area (Å²) in [7, 11) is -16.4. The van der Waals surface area contributed by atoms with E-state index in [0.29, 0.717) is 5.75 Å². The van der Waals surface area contributed by atoms with Gasteiger partial charge in [0.25, 0.3) is 0 Å². The monoisotopic (exact) mass is 811 g/mol. The number of nitrogens with one attached hydrogen (secondary N) is 2. The van der Waals surface area contributed by atoms with Gasteiger partial charge in [-0.3, -0.25) is 32.5 Å². The minimum atomic E-state index is -5.56. The first kappa shape index (κ1) is 43.0. The van der Waals surface area contributed by atoms with Crippen LogP contribution in [-0.4, -0.2) is 123 Å². The number of ether oxygens (including phenoxy) is 1. The Kier molecular flexibility index (Phi) is 14.8. The maximum atomic E-state index is 12.6. The van der Waals surface area contributed by atoms with Crippen LogP contribution in [0.5, 0.6) is 0 Å². The summed E-state index contributed by atoms with van der Waals surface area (Å²) in [5, 5.41) is 26.1. The van der Waals surface area contributed by atoms with E-state index in [2.05, 4.69) is 34.4 Å². The Morgan fingerprint density at radius 2 is 1.76 bits per heavy atom. The van der Waals surface area contributed by atoms with Crippen LogP contribution in [0.4, 0.5) is 5.82 Å². The molecule has 2 unspecified atom stereocenters. The summed E-state index contributed by atoms with van der Waals surface area (Å²) >= 11 is 1.03. The maximum absolute atomic E-state index is 12.6. The highest BCUT2D eigenvalue weighted by atomic mass is 32.2. The van der Waals surface area contributed by atoms with Gasteiger partial charge in [0.15, 0.2) is 22.8 Å². The van der Waals surface area contributed by atoms with E-state index in [4.69, 9.17) is 19.5 Å². The number of amides is 2. The Labute approximate surface area is 293 Å². The molecular weight excluding hydrogens is 773 g/mol. The second kappa shape index (κ2) is 17.6. The van der Waals surface area contributed by atoms with Gasteiger partial charge < -0.3 is 50.9 Å². The van der Waals surface area contributed by atoms with Crippen LogP contribution >= 0.6 is 35.2 Å². The van der Waals surface area contributed by atoms with E-state index in [-0.39, 0.29) is 41.6 Å². The highest BCUT2D eigenvalue weighted by molar-refractivity contribution is 8.13. The number of carbonyl (C=O) groups excluding carboxylic acids is 3. The van der Waals surface area contributed by atoms with Gasteiger partial charge in [-0.1, -0.05) is 25.6 Å². The standard InChI is InChI=1S/C23H38N7O17P3S/c1-12(31)51-7-6-25-14(32)4-5-26-21(35)18(34)23(2,3)9-44-50(41,42)47-49(39,40)43-8-13-17(46-48(36,37)38)16(33)22(45-13)30-11-29-15-19(24)27-10-28-20(15)30/h10-11,13,16-18,22,33-34H,4-9H2,1-3H3,(H,25,32)(H,26,35)(H,39,40)(H,41,42)(H2,24,27,28)(H2,36,37,38)/t13-,16-,17-,18+,22-/m1/s1/i1+2. The van der Waals surface area contributed by atoms with E-state index in [1.807, 2.05) is 0 Å². The summed E-state index contributed by atoms with van der Waals surface area (Å²) in [6.07, 6.45) is -6.88. The molecule has 3 rings (SSSR count). The van der Waals surface area contributed by atoms with Crippen molar-refractivity contribution >= 4 is 69.1 Å². The quantitative estimate of drug-likeness (QED) is 0.0587. The third-order valence-corrected chi connectivity index (χ3v) is 10.7. The number of nitrogens with zero attached hydrogens (tertiary/aromatic N) is 4. The molecule has 0 spiro atoms. The Morgan fingerprint density at radius 1 is 1.10 bits per heavy atom. The summed E-state index contributed by atoms with van der Waals surface area (Å²) in [6, 6.07) is 0. The van der Waals surface area contributed by atoms with Crippen LogP contribution in [0.2, 0.25) is 0 Å². The van der Waals surface area contributed by atoms with E-state index >= 15 is 0 Å². The molecule has 288 valence electrons. The fourth-order valence-corrected chi connectivity index (χ4v) is 7.65. The summed E-state index contributed by atoms with van der Waals surface area (Å²) in [5.41, 5.74) is 4.26. The third-order valence-electron chi connectivity index (χ3n) is 6.81. The van der Waals surface area contributed by atoms with Crippen molar-refractivity contribution in [1.29, 1.82) is 0 Å². The van der Waals surface area contributed by atoms with Crippen molar-refractivity contribution in [2.45, 2.75) is 57.8 Å². The zero-order chi connectivity index (χ0) is 38.4. The molecule has 0 aromatic carbocycles. The summed E-state index contributed by atoms with van der Waals surface area (Å²) in [6.45, 7) is 1.90. The van der Waals surface area contributed by atoms with Gasteiger partial charge in [-0.2, -0.15) is 4.31 Å². The van der Waals surface area contributed by atoms with Crippen molar-refractivity contribution in [3.8, 4) is 0 Å². The zero-order valence-electron chi connectivity index (χ0n) is 27.1. The maximum Gasteiger partial charge on any atom is 0.481 e. The van der Waals surface area contributed by atoms with Gasteiger partial charge in [-0.05, 0) is 0 Å². The molecule has 24 nitrogen and oxygen atoms in total. The van der Waals surface area contributed by atoms with E-state index < -0.39 is 84.6 Å². The lowest BCUT2D eigenvalue weighted by Gasteiger charge is -2.30. The lowest BCUT2D eigenvalue weighted by molar-refractivity contribution is -0.137. The average Bonchev–Trinajstić information content (AvgIpc) is 3.57. The molecule has 1 fully saturated rings. The molecule has 7 atom stereocenters. The van der Waals surface area contributed by atoms with Crippen LogP contribution in [0.15, 0.2) is 12.7 Å². The molecule has 1 aliphatic heterocycles. The topological polar surface area (TPSA) is 364 Å². The number of hydrogen-bond donors (Lipinski definition) is 9. The predicted octanol–water partition coefficient (Wildman–Crippen LogP) is -1.32. The van der Waals surface area contributed by atoms with Crippen LogP contribution in [-0.2, 0) is 50.7 Å². The third kappa shape index (κ3) is 12.9. The number of phosphoric acid groups is 3. The average molecular weight is 812 g/mol. The number of aromatic nitrogens is 4. The van der Waals surface area contributed by atoms with E-state index in [1.54, 1.807) is 0 Å². The number of anilines is 1. The molecule has 1 aliphatic rings. The lowest BCUT2D eigenvalue weighted by Crippen LogP contribution is -2.46. The second-order valence-electron chi connectivity index (χ2n) is 11.4. The number of nitrogens with two attached hydrogens (primary N) is 1. The first-order valence-electron chi connectivity index (χ1n) is 14.5.